The lowest BCUT2D eigenvalue weighted by atomic mass is 10.2. The molecule has 0 fully saturated rings. The van der Waals surface area contributed by atoms with Crippen molar-refractivity contribution in [1.82, 2.24) is 4.98 Å². The zero-order valence-corrected chi connectivity index (χ0v) is 11.1. The van der Waals surface area contributed by atoms with Gasteiger partial charge in [-0.15, -0.1) is 11.3 Å². The van der Waals surface area contributed by atoms with Crippen molar-refractivity contribution >= 4 is 17.3 Å². The Morgan fingerprint density at radius 1 is 1.39 bits per heavy atom. The molecule has 2 aromatic rings. The molecule has 0 N–H and O–H groups in total. The molecule has 4 heteroatoms. The van der Waals surface area contributed by atoms with Crippen LogP contribution in [0.25, 0.3) is 0 Å². The Morgan fingerprint density at radius 3 is 2.94 bits per heavy atom. The summed E-state index contributed by atoms with van der Waals surface area (Å²) in [7, 11) is 0. The quantitative estimate of drug-likeness (QED) is 0.612. The van der Waals surface area contributed by atoms with E-state index in [0.717, 1.165) is 17.7 Å². The van der Waals surface area contributed by atoms with E-state index in [1.54, 1.807) is 6.20 Å². The normalized spacial score (nSPS) is 10.3. The Kier molecular flexibility index (Phi) is 4.47. The molecule has 0 radical (unpaired) electrons. The van der Waals surface area contributed by atoms with Crippen LogP contribution in [0.3, 0.4) is 0 Å². The first kappa shape index (κ1) is 12.8. The van der Waals surface area contributed by atoms with Gasteiger partial charge in [0.25, 0.3) is 0 Å². The number of hydrogen-bond acceptors (Lipinski definition) is 4. The summed E-state index contributed by atoms with van der Waals surface area (Å²) in [4.78, 5) is 17.5. The number of rotatable bonds is 5. The summed E-state index contributed by atoms with van der Waals surface area (Å²) in [6, 6.07) is 7.67. The molecule has 94 valence electrons. The summed E-state index contributed by atoms with van der Waals surface area (Å²) in [5.41, 5.74) is 1.17. The summed E-state index contributed by atoms with van der Waals surface area (Å²) < 4.78 is 5.21. The highest BCUT2D eigenvalue weighted by Crippen LogP contribution is 2.16. The van der Waals surface area contributed by atoms with Gasteiger partial charge in [0.2, 0.25) is 0 Å². The largest absolute Gasteiger partial charge is 0.461 e. The molecule has 2 aromatic heterocycles. The fourth-order valence-corrected chi connectivity index (χ4v) is 2.36. The highest BCUT2D eigenvalue weighted by Gasteiger charge is 2.08. The lowest BCUT2D eigenvalue weighted by molar-refractivity contribution is 0.0506. The zero-order chi connectivity index (χ0) is 12.8. The lowest BCUT2D eigenvalue weighted by Gasteiger charge is -2.03. The highest BCUT2D eigenvalue weighted by molar-refractivity contribution is 7.13. The molecule has 0 aromatic carbocycles. The molecule has 0 bridgehead atoms. The van der Waals surface area contributed by atoms with Crippen LogP contribution in [0, 0.1) is 6.92 Å². The maximum Gasteiger partial charge on any atom is 0.348 e. The minimum atomic E-state index is -0.223. The van der Waals surface area contributed by atoms with Crippen LogP contribution in [0.2, 0.25) is 0 Å². The van der Waals surface area contributed by atoms with Gasteiger partial charge < -0.3 is 4.74 Å². The maximum atomic E-state index is 11.6. The second-order valence-electron chi connectivity index (χ2n) is 4.01. The second-order valence-corrected chi connectivity index (χ2v) is 5.30. The summed E-state index contributed by atoms with van der Waals surface area (Å²) in [5, 5.41) is 0. The molecule has 2 heterocycles. The van der Waals surface area contributed by atoms with Gasteiger partial charge in [-0.05, 0) is 43.5 Å². The van der Waals surface area contributed by atoms with Gasteiger partial charge in [0.05, 0.1) is 6.61 Å². The van der Waals surface area contributed by atoms with Crippen molar-refractivity contribution in [3.8, 4) is 0 Å². The van der Waals surface area contributed by atoms with Crippen molar-refractivity contribution in [3.63, 3.8) is 0 Å². The number of carbonyl (C=O) groups excluding carboxylic acids is 1. The predicted molar refractivity (Wildman–Crippen MR) is 71.9 cm³/mol. The summed E-state index contributed by atoms with van der Waals surface area (Å²) in [6.07, 6.45) is 5.29. The topological polar surface area (TPSA) is 39.2 Å². The Morgan fingerprint density at radius 2 is 2.28 bits per heavy atom. The van der Waals surface area contributed by atoms with Crippen LogP contribution in [0.15, 0.2) is 36.7 Å². The van der Waals surface area contributed by atoms with Crippen LogP contribution in [-0.4, -0.2) is 17.6 Å². The second kappa shape index (κ2) is 6.31. The van der Waals surface area contributed by atoms with Crippen LogP contribution in [0.5, 0.6) is 0 Å². The fourth-order valence-electron chi connectivity index (χ4n) is 1.60. The van der Waals surface area contributed by atoms with Crippen LogP contribution >= 0.6 is 11.3 Å². The average molecular weight is 261 g/mol. The van der Waals surface area contributed by atoms with Crippen molar-refractivity contribution in [2.75, 3.05) is 6.61 Å². The van der Waals surface area contributed by atoms with Gasteiger partial charge in [-0.3, -0.25) is 4.98 Å². The number of ether oxygens (including phenoxy) is 1. The molecule has 0 saturated heterocycles. The molecule has 0 saturated carbocycles. The molecule has 2 rings (SSSR count). The maximum absolute atomic E-state index is 11.6. The van der Waals surface area contributed by atoms with E-state index in [4.69, 9.17) is 4.74 Å². The number of pyridine rings is 1. The molecular weight excluding hydrogens is 246 g/mol. The van der Waals surface area contributed by atoms with Crippen LogP contribution in [0.1, 0.15) is 26.5 Å². The van der Waals surface area contributed by atoms with Crippen molar-refractivity contribution < 1.29 is 9.53 Å². The van der Waals surface area contributed by atoms with Gasteiger partial charge in [-0.25, -0.2) is 4.79 Å². The molecule has 0 aliphatic rings. The summed E-state index contributed by atoms with van der Waals surface area (Å²) in [6.45, 7) is 2.43. The van der Waals surface area contributed by atoms with Crippen molar-refractivity contribution in [2.45, 2.75) is 19.8 Å². The van der Waals surface area contributed by atoms with Crippen molar-refractivity contribution in [1.29, 1.82) is 0 Å². The molecule has 18 heavy (non-hydrogen) atoms. The number of carbonyl (C=O) groups is 1. The molecule has 3 nitrogen and oxygen atoms in total. The Labute approximate surface area is 110 Å². The molecule has 0 spiro atoms. The van der Waals surface area contributed by atoms with Crippen LogP contribution in [-0.2, 0) is 11.2 Å². The first-order valence-corrected chi connectivity index (χ1v) is 6.70. The molecule has 0 unspecified atom stereocenters. The van der Waals surface area contributed by atoms with E-state index >= 15 is 0 Å². The SMILES string of the molecule is Cc1ccc(C(=O)OCCCc2cccnc2)s1. The number of thiophene rings is 1. The minimum absolute atomic E-state index is 0.223. The third kappa shape index (κ3) is 3.67. The van der Waals surface area contributed by atoms with Gasteiger partial charge >= 0.3 is 5.97 Å². The van der Waals surface area contributed by atoms with Gasteiger partial charge in [0.15, 0.2) is 0 Å². The highest BCUT2D eigenvalue weighted by atomic mass is 32.1. The number of esters is 1. The Balaban J connectivity index is 1.71. The predicted octanol–water partition coefficient (Wildman–Crippen LogP) is 3.24. The van der Waals surface area contributed by atoms with Gasteiger partial charge in [0, 0.05) is 17.3 Å². The number of nitrogens with zero attached hydrogens (tertiary/aromatic N) is 1. The number of hydrogen-bond donors (Lipinski definition) is 0. The molecular formula is C14H15NO2S. The van der Waals surface area contributed by atoms with E-state index < -0.39 is 0 Å². The monoisotopic (exact) mass is 261 g/mol. The third-order valence-corrected chi connectivity index (χ3v) is 3.49. The van der Waals surface area contributed by atoms with E-state index in [1.807, 2.05) is 37.4 Å². The van der Waals surface area contributed by atoms with E-state index in [1.165, 1.54) is 16.9 Å². The van der Waals surface area contributed by atoms with Crippen LogP contribution in [0.4, 0.5) is 0 Å². The van der Waals surface area contributed by atoms with Crippen molar-refractivity contribution in [2.24, 2.45) is 0 Å². The zero-order valence-electron chi connectivity index (χ0n) is 10.3. The Bertz CT molecular complexity index is 508. The van der Waals surface area contributed by atoms with Gasteiger partial charge in [-0.2, -0.15) is 0 Å². The van der Waals surface area contributed by atoms with E-state index in [0.29, 0.717) is 11.5 Å². The molecule has 0 atom stereocenters. The average Bonchev–Trinajstić information content (AvgIpc) is 2.82. The molecule has 0 aliphatic heterocycles. The summed E-state index contributed by atoms with van der Waals surface area (Å²) in [5.74, 6) is -0.223. The molecule has 0 amide bonds. The van der Waals surface area contributed by atoms with E-state index in [9.17, 15) is 4.79 Å². The lowest BCUT2D eigenvalue weighted by Crippen LogP contribution is -2.05. The third-order valence-electron chi connectivity index (χ3n) is 2.51. The minimum Gasteiger partial charge on any atom is -0.461 e. The van der Waals surface area contributed by atoms with E-state index in [-0.39, 0.29) is 5.97 Å². The van der Waals surface area contributed by atoms with Gasteiger partial charge in [0.1, 0.15) is 4.88 Å². The van der Waals surface area contributed by atoms with Crippen molar-refractivity contribution in [3.05, 3.63) is 52.0 Å². The first-order valence-electron chi connectivity index (χ1n) is 5.88. The standard InChI is InChI=1S/C14H15NO2S/c1-11-6-7-13(18-11)14(16)17-9-3-5-12-4-2-8-15-10-12/h2,4,6-8,10H,3,5,9H2,1H3. The van der Waals surface area contributed by atoms with Crippen LogP contribution < -0.4 is 0 Å². The smallest absolute Gasteiger partial charge is 0.348 e. The Hall–Kier alpha value is -1.68. The number of aryl methyl sites for hydroxylation is 2. The van der Waals surface area contributed by atoms with E-state index in [2.05, 4.69) is 4.98 Å². The summed E-state index contributed by atoms with van der Waals surface area (Å²) >= 11 is 1.47. The first-order chi connectivity index (χ1) is 8.75. The number of aromatic nitrogens is 1. The van der Waals surface area contributed by atoms with Gasteiger partial charge in [-0.1, -0.05) is 6.07 Å². The molecule has 0 aliphatic carbocycles. The fraction of sp³-hybridized carbons (Fsp3) is 0.286.